The molecule has 0 saturated heterocycles. The Labute approximate surface area is 166 Å². The molecule has 0 aromatic carbocycles. The first kappa shape index (κ1) is 17.9. The summed E-state index contributed by atoms with van der Waals surface area (Å²) in [6.07, 6.45) is -0.0845. The van der Waals surface area contributed by atoms with Crippen LogP contribution in [0.5, 0.6) is 0 Å². The van der Waals surface area contributed by atoms with E-state index in [2.05, 4.69) is 27.1 Å². The van der Waals surface area contributed by atoms with E-state index in [4.69, 9.17) is 11.6 Å². The number of halogens is 4. The number of thiophene rings is 1. The van der Waals surface area contributed by atoms with Gasteiger partial charge in [0.25, 0.3) is 0 Å². The summed E-state index contributed by atoms with van der Waals surface area (Å²) >= 11 is 7.65. The largest absolute Gasteiger partial charge is 0.436 e. The average Bonchev–Trinajstić information content (AvgIpc) is 3.26. The molecule has 28 heavy (non-hydrogen) atoms. The minimum atomic E-state index is -4.65. The van der Waals surface area contributed by atoms with Crippen molar-refractivity contribution >= 4 is 38.8 Å². The van der Waals surface area contributed by atoms with Crippen molar-refractivity contribution in [3.63, 3.8) is 0 Å². The van der Waals surface area contributed by atoms with E-state index in [1.165, 1.54) is 28.3 Å². The third-order valence-corrected chi connectivity index (χ3v) is 6.62. The van der Waals surface area contributed by atoms with Gasteiger partial charge < -0.3 is 0 Å². The van der Waals surface area contributed by atoms with Gasteiger partial charge in [-0.2, -0.15) is 18.3 Å². The van der Waals surface area contributed by atoms with Crippen LogP contribution in [0.15, 0.2) is 6.33 Å². The van der Waals surface area contributed by atoms with Crippen LogP contribution in [-0.4, -0.2) is 29.4 Å². The van der Waals surface area contributed by atoms with Gasteiger partial charge in [-0.3, -0.25) is 4.68 Å². The molecule has 5 rings (SSSR count). The monoisotopic (exact) mass is 426 g/mol. The fourth-order valence-corrected chi connectivity index (χ4v) is 5.46. The van der Waals surface area contributed by atoms with Gasteiger partial charge >= 0.3 is 6.18 Å². The quantitative estimate of drug-likeness (QED) is 0.448. The predicted octanol–water partition coefficient (Wildman–Crippen LogP) is 4.54. The van der Waals surface area contributed by atoms with Crippen molar-refractivity contribution in [1.29, 1.82) is 0 Å². The number of nitrogens with zero attached hydrogens (tertiary/aromatic N) is 6. The summed E-state index contributed by atoms with van der Waals surface area (Å²) in [7, 11) is 1.39. The molecule has 0 radical (unpaired) electrons. The van der Waals surface area contributed by atoms with Gasteiger partial charge in [0, 0.05) is 11.9 Å². The zero-order valence-corrected chi connectivity index (χ0v) is 16.5. The number of aromatic nitrogens is 6. The summed E-state index contributed by atoms with van der Waals surface area (Å²) < 4.78 is 42.0. The van der Waals surface area contributed by atoms with E-state index in [-0.39, 0.29) is 11.5 Å². The zero-order chi connectivity index (χ0) is 19.8. The summed E-state index contributed by atoms with van der Waals surface area (Å²) in [6, 6.07) is 0. The molecule has 0 bridgehead atoms. The Morgan fingerprint density at radius 2 is 2.07 bits per heavy atom. The van der Waals surface area contributed by atoms with Crippen LogP contribution in [-0.2, 0) is 26.1 Å². The highest BCUT2D eigenvalue weighted by Crippen LogP contribution is 2.41. The minimum absolute atomic E-state index is 0.0311. The van der Waals surface area contributed by atoms with Crippen LogP contribution >= 0.6 is 22.9 Å². The lowest BCUT2D eigenvalue weighted by molar-refractivity contribution is -0.141. The van der Waals surface area contributed by atoms with E-state index in [1.807, 2.05) is 0 Å². The fourth-order valence-electron chi connectivity index (χ4n) is 3.76. The highest BCUT2D eigenvalue weighted by molar-refractivity contribution is 7.19. The van der Waals surface area contributed by atoms with Crippen molar-refractivity contribution in [2.75, 3.05) is 0 Å². The first-order chi connectivity index (χ1) is 13.2. The standard InChI is InChI=1S/C17H14ClF3N6S/c1-7-3-4-8-9(5-7)28-16-10(8)15-23-14(25-27(15)6-22-16)12-11(18)13(17(19,20)21)24-26(12)2/h6-7H,3-5H2,1-2H3/t7-/m0/s1. The van der Waals surface area contributed by atoms with E-state index < -0.39 is 16.9 Å². The number of aryl methyl sites for hydroxylation is 2. The van der Waals surface area contributed by atoms with Crippen LogP contribution in [0.2, 0.25) is 5.02 Å². The topological polar surface area (TPSA) is 60.9 Å². The Hall–Kier alpha value is -2.20. The third kappa shape index (κ3) is 2.54. The van der Waals surface area contributed by atoms with Crippen LogP contribution < -0.4 is 0 Å². The first-order valence-corrected chi connectivity index (χ1v) is 9.89. The Bertz CT molecular complexity index is 1240. The maximum absolute atomic E-state index is 13.1. The van der Waals surface area contributed by atoms with E-state index in [0.29, 0.717) is 11.6 Å². The van der Waals surface area contributed by atoms with Crippen molar-refractivity contribution < 1.29 is 13.2 Å². The second-order valence-corrected chi connectivity index (χ2v) is 8.57. The molecule has 0 saturated carbocycles. The summed E-state index contributed by atoms with van der Waals surface area (Å²) in [6.45, 7) is 2.23. The highest BCUT2D eigenvalue weighted by atomic mass is 35.5. The van der Waals surface area contributed by atoms with E-state index in [1.54, 1.807) is 11.3 Å². The number of rotatable bonds is 1. The number of hydrogen-bond donors (Lipinski definition) is 0. The summed E-state index contributed by atoms with van der Waals surface area (Å²) in [5.41, 5.74) is 0.694. The smallest absolute Gasteiger partial charge is 0.262 e. The van der Waals surface area contributed by atoms with Gasteiger partial charge in [0.1, 0.15) is 21.9 Å². The maximum atomic E-state index is 13.1. The molecule has 146 valence electrons. The van der Waals surface area contributed by atoms with Gasteiger partial charge in [-0.25, -0.2) is 14.5 Å². The molecule has 1 aliphatic rings. The third-order valence-electron chi connectivity index (χ3n) is 5.10. The fraction of sp³-hybridized carbons (Fsp3) is 0.412. The normalized spacial score (nSPS) is 17.6. The molecule has 1 atom stereocenters. The minimum Gasteiger partial charge on any atom is -0.262 e. The molecule has 0 amide bonds. The van der Waals surface area contributed by atoms with Crippen molar-refractivity contribution in [3.05, 3.63) is 27.5 Å². The Kier molecular flexibility index (Phi) is 3.76. The van der Waals surface area contributed by atoms with Gasteiger partial charge in [-0.15, -0.1) is 16.4 Å². The molecule has 4 aromatic rings. The molecule has 4 heterocycles. The molecular weight excluding hydrogens is 413 g/mol. The molecule has 0 spiro atoms. The van der Waals surface area contributed by atoms with Crippen LogP contribution in [0.25, 0.3) is 27.4 Å². The zero-order valence-electron chi connectivity index (χ0n) is 14.9. The van der Waals surface area contributed by atoms with E-state index in [9.17, 15) is 13.2 Å². The predicted molar refractivity (Wildman–Crippen MR) is 99.6 cm³/mol. The molecule has 11 heteroatoms. The summed E-state index contributed by atoms with van der Waals surface area (Å²) in [5.74, 6) is 0.716. The van der Waals surface area contributed by atoms with Crippen molar-refractivity contribution in [2.45, 2.75) is 32.4 Å². The molecular formula is C17H14ClF3N6S. The molecule has 0 aliphatic heterocycles. The SMILES string of the molecule is C[C@H]1CCc2c(sc3ncn4nc(-c5c(Cl)c(C(F)(F)F)nn5C)nc4c23)C1. The highest BCUT2D eigenvalue weighted by Gasteiger charge is 2.39. The molecule has 4 aromatic heterocycles. The molecule has 0 N–H and O–H groups in total. The second kappa shape index (κ2) is 5.90. The molecule has 1 aliphatic carbocycles. The molecule has 6 nitrogen and oxygen atoms in total. The Morgan fingerprint density at radius 3 is 2.79 bits per heavy atom. The lowest BCUT2D eigenvalue weighted by Crippen LogP contribution is -2.08. The second-order valence-electron chi connectivity index (χ2n) is 7.11. The maximum Gasteiger partial charge on any atom is 0.436 e. The van der Waals surface area contributed by atoms with Crippen molar-refractivity contribution in [2.24, 2.45) is 13.0 Å². The summed E-state index contributed by atoms with van der Waals surface area (Å²) in [5, 5.41) is 8.27. The lowest BCUT2D eigenvalue weighted by Gasteiger charge is -2.17. The van der Waals surface area contributed by atoms with Crippen LogP contribution in [0, 0.1) is 5.92 Å². The average molecular weight is 427 g/mol. The lowest BCUT2D eigenvalue weighted by atomic mass is 9.89. The number of alkyl halides is 3. The Balaban J connectivity index is 1.74. The summed E-state index contributed by atoms with van der Waals surface area (Å²) in [4.78, 5) is 11.2. The number of fused-ring (bicyclic) bond motifs is 5. The van der Waals surface area contributed by atoms with Gasteiger partial charge in [0.2, 0.25) is 5.82 Å². The van der Waals surface area contributed by atoms with Gasteiger partial charge in [-0.1, -0.05) is 18.5 Å². The van der Waals surface area contributed by atoms with Crippen molar-refractivity contribution in [1.82, 2.24) is 29.4 Å². The van der Waals surface area contributed by atoms with Crippen LogP contribution in [0.4, 0.5) is 13.2 Å². The van der Waals surface area contributed by atoms with Gasteiger partial charge in [0.05, 0.1) is 5.39 Å². The van der Waals surface area contributed by atoms with E-state index >= 15 is 0 Å². The van der Waals surface area contributed by atoms with Gasteiger partial charge in [0.15, 0.2) is 11.3 Å². The molecule has 0 fully saturated rings. The molecule has 0 unspecified atom stereocenters. The van der Waals surface area contributed by atoms with Crippen molar-refractivity contribution in [3.8, 4) is 11.5 Å². The van der Waals surface area contributed by atoms with E-state index in [0.717, 1.165) is 34.2 Å². The van der Waals surface area contributed by atoms with Crippen LogP contribution in [0.1, 0.15) is 29.5 Å². The number of hydrogen-bond acceptors (Lipinski definition) is 5. The first-order valence-electron chi connectivity index (χ1n) is 8.69. The Morgan fingerprint density at radius 1 is 1.29 bits per heavy atom. The van der Waals surface area contributed by atoms with Gasteiger partial charge in [-0.05, 0) is 30.7 Å². The van der Waals surface area contributed by atoms with Crippen LogP contribution in [0.3, 0.4) is 0 Å².